The number of nitrogens with zero attached hydrogens (tertiary/aromatic N) is 3. The SMILES string of the molecule is CC(C)Oc1cccc(C(O)(C(=O)N2CC(CC3CCN(c4ccc(C(=O)N(C)C)c(Cl)c4)CC3)C2)C(F)(F)F)c1. The van der Waals surface area contributed by atoms with E-state index in [4.69, 9.17) is 16.3 Å². The predicted molar refractivity (Wildman–Crippen MR) is 151 cm³/mol. The molecule has 0 aliphatic carbocycles. The van der Waals surface area contributed by atoms with Crippen LogP contribution in [0.3, 0.4) is 0 Å². The molecule has 0 aromatic heterocycles. The lowest BCUT2D eigenvalue weighted by molar-refractivity contribution is -0.264. The number of anilines is 1. The lowest BCUT2D eigenvalue weighted by atomic mass is 9.82. The number of halogens is 4. The molecule has 2 aliphatic heterocycles. The number of benzene rings is 2. The maximum absolute atomic E-state index is 14.2. The molecule has 4 rings (SSSR count). The largest absolute Gasteiger partial charge is 0.491 e. The summed E-state index contributed by atoms with van der Waals surface area (Å²) in [7, 11) is 3.35. The lowest BCUT2D eigenvalue weighted by Crippen LogP contribution is -2.61. The van der Waals surface area contributed by atoms with Gasteiger partial charge in [-0.25, -0.2) is 0 Å². The molecular weight excluding hydrogens is 559 g/mol. The van der Waals surface area contributed by atoms with Crippen LogP contribution in [-0.4, -0.2) is 79.3 Å². The minimum atomic E-state index is -5.20. The third-order valence-corrected chi connectivity index (χ3v) is 8.14. The minimum Gasteiger partial charge on any atom is -0.491 e. The number of amides is 2. The van der Waals surface area contributed by atoms with Crippen LogP contribution in [0, 0.1) is 11.8 Å². The van der Waals surface area contributed by atoms with E-state index in [0.717, 1.165) is 55.1 Å². The third-order valence-electron chi connectivity index (χ3n) is 7.82. The topological polar surface area (TPSA) is 73.3 Å². The summed E-state index contributed by atoms with van der Waals surface area (Å²) in [6.45, 7) is 5.41. The van der Waals surface area contributed by atoms with Gasteiger partial charge in [0.2, 0.25) is 0 Å². The molecule has 2 aliphatic rings. The number of carbonyl (C=O) groups is 2. The van der Waals surface area contributed by atoms with Gasteiger partial charge in [-0.1, -0.05) is 23.7 Å². The van der Waals surface area contributed by atoms with Gasteiger partial charge in [0.05, 0.1) is 16.7 Å². The zero-order chi connectivity index (χ0) is 30.1. The van der Waals surface area contributed by atoms with Crippen LogP contribution in [0.4, 0.5) is 18.9 Å². The monoisotopic (exact) mass is 595 g/mol. The van der Waals surface area contributed by atoms with Gasteiger partial charge in [-0.05, 0) is 75.3 Å². The van der Waals surface area contributed by atoms with E-state index in [1.54, 1.807) is 40.1 Å². The van der Waals surface area contributed by atoms with Gasteiger partial charge in [-0.3, -0.25) is 9.59 Å². The maximum Gasteiger partial charge on any atom is 0.430 e. The smallest absolute Gasteiger partial charge is 0.430 e. The summed E-state index contributed by atoms with van der Waals surface area (Å²) in [6, 6.07) is 10.5. The van der Waals surface area contributed by atoms with Crippen molar-refractivity contribution in [1.82, 2.24) is 9.80 Å². The number of hydrogen-bond donors (Lipinski definition) is 1. The number of likely N-dealkylation sites (tertiary alicyclic amines) is 1. The Morgan fingerprint density at radius 1 is 1.07 bits per heavy atom. The molecule has 2 aromatic carbocycles. The molecule has 2 amide bonds. The molecule has 2 saturated heterocycles. The van der Waals surface area contributed by atoms with Gasteiger partial charge in [-0.15, -0.1) is 0 Å². The molecule has 2 aromatic rings. The molecule has 7 nitrogen and oxygen atoms in total. The molecule has 11 heteroatoms. The van der Waals surface area contributed by atoms with E-state index in [9.17, 15) is 27.9 Å². The van der Waals surface area contributed by atoms with Crippen LogP contribution in [-0.2, 0) is 10.4 Å². The molecule has 0 bridgehead atoms. The van der Waals surface area contributed by atoms with Crippen molar-refractivity contribution in [2.75, 3.05) is 45.2 Å². The normalized spacial score (nSPS) is 18.2. The fraction of sp³-hybridized carbons (Fsp3) is 0.533. The van der Waals surface area contributed by atoms with Crippen molar-refractivity contribution in [2.24, 2.45) is 11.8 Å². The highest BCUT2D eigenvalue weighted by Gasteiger charge is 2.63. The third kappa shape index (κ3) is 6.59. The van der Waals surface area contributed by atoms with Gasteiger partial charge < -0.3 is 24.5 Å². The van der Waals surface area contributed by atoms with Gasteiger partial charge in [0.1, 0.15) is 5.75 Å². The van der Waals surface area contributed by atoms with E-state index in [1.807, 2.05) is 6.07 Å². The summed E-state index contributed by atoms with van der Waals surface area (Å²) in [5.41, 5.74) is -2.80. The highest BCUT2D eigenvalue weighted by atomic mass is 35.5. The highest BCUT2D eigenvalue weighted by Crippen LogP contribution is 2.43. The summed E-state index contributed by atoms with van der Waals surface area (Å²) in [4.78, 5) is 30.1. The molecule has 1 N–H and O–H groups in total. The number of carbonyl (C=O) groups excluding carboxylic acids is 2. The van der Waals surface area contributed by atoms with Gasteiger partial charge >= 0.3 is 6.18 Å². The van der Waals surface area contributed by atoms with Crippen LogP contribution in [0.25, 0.3) is 0 Å². The standard InChI is InChI=1S/C30H37ClF3N3O4/c1-19(2)41-24-7-5-6-22(15-24)29(40,30(32,33)34)28(39)37-17-21(18-37)14-20-10-12-36(13-11-20)23-8-9-25(26(31)16-23)27(38)35(3)4/h5-9,15-16,19-21,40H,10-14,17-18H2,1-4H3. The van der Waals surface area contributed by atoms with Crippen LogP contribution in [0.1, 0.15) is 49.0 Å². The second kappa shape index (κ2) is 12.1. The molecule has 1 unspecified atom stereocenters. The summed E-state index contributed by atoms with van der Waals surface area (Å²) in [6.07, 6.45) is -2.87. The zero-order valence-electron chi connectivity index (χ0n) is 23.7. The molecule has 0 saturated carbocycles. The summed E-state index contributed by atoms with van der Waals surface area (Å²) in [5, 5.41) is 11.2. The summed E-state index contributed by atoms with van der Waals surface area (Å²) < 4.78 is 47.9. The Labute approximate surface area is 243 Å². The van der Waals surface area contributed by atoms with E-state index in [2.05, 4.69) is 4.90 Å². The Morgan fingerprint density at radius 2 is 1.73 bits per heavy atom. The van der Waals surface area contributed by atoms with E-state index >= 15 is 0 Å². The first kappa shape index (κ1) is 31.0. The van der Waals surface area contributed by atoms with Crippen molar-refractivity contribution in [1.29, 1.82) is 0 Å². The molecule has 0 spiro atoms. The molecule has 2 fully saturated rings. The number of piperidine rings is 1. The minimum absolute atomic E-state index is 0.0781. The van der Waals surface area contributed by atoms with Crippen molar-refractivity contribution >= 4 is 29.1 Å². The summed E-state index contributed by atoms with van der Waals surface area (Å²) >= 11 is 6.38. The fourth-order valence-corrected chi connectivity index (χ4v) is 5.86. The van der Waals surface area contributed by atoms with Crippen molar-refractivity contribution in [2.45, 2.75) is 51.0 Å². The first-order chi connectivity index (χ1) is 19.2. The first-order valence-electron chi connectivity index (χ1n) is 13.8. The van der Waals surface area contributed by atoms with Crippen LogP contribution in [0.15, 0.2) is 42.5 Å². The summed E-state index contributed by atoms with van der Waals surface area (Å²) in [5.74, 6) is -0.901. The van der Waals surface area contributed by atoms with Gasteiger partial charge in [0.15, 0.2) is 0 Å². The van der Waals surface area contributed by atoms with Crippen LogP contribution < -0.4 is 9.64 Å². The highest BCUT2D eigenvalue weighted by molar-refractivity contribution is 6.34. The molecule has 0 radical (unpaired) electrons. The quantitative estimate of drug-likeness (QED) is 0.446. The second-order valence-electron chi connectivity index (χ2n) is 11.5. The number of alkyl halides is 3. The Kier molecular flexibility index (Phi) is 9.13. The van der Waals surface area contributed by atoms with Crippen molar-refractivity contribution in [3.8, 4) is 5.75 Å². The number of hydrogen-bond acceptors (Lipinski definition) is 5. The molecule has 41 heavy (non-hydrogen) atoms. The maximum atomic E-state index is 14.2. The first-order valence-corrected chi connectivity index (χ1v) is 14.2. The van der Waals surface area contributed by atoms with E-state index in [1.165, 1.54) is 17.0 Å². The Hall–Kier alpha value is -2.98. The van der Waals surface area contributed by atoms with Gasteiger partial charge in [0.25, 0.3) is 17.4 Å². The van der Waals surface area contributed by atoms with Crippen LogP contribution in [0.2, 0.25) is 5.02 Å². The molecule has 1 atom stereocenters. The van der Waals surface area contributed by atoms with E-state index < -0.39 is 23.2 Å². The number of rotatable bonds is 8. The van der Waals surface area contributed by atoms with Crippen LogP contribution >= 0.6 is 11.6 Å². The predicted octanol–water partition coefficient (Wildman–Crippen LogP) is 5.34. The van der Waals surface area contributed by atoms with Gasteiger partial charge in [-0.2, -0.15) is 13.2 Å². The lowest BCUT2D eigenvalue weighted by Gasteiger charge is -2.45. The Balaban J connectivity index is 1.32. The number of ether oxygens (including phenoxy) is 1. The average molecular weight is 596 g/mol. The van der Waals surface area contributed by atoms with Crippen molar-refractivity contribution in [3.05, 3.63) is 58.6 Å². The van der Waals surface area contributed by atoms with Crippen LogP contribution in [0.5, 0.6) is 5.75 Å². The Morgan fingerprint density at radius 3 is 2.29 bits per heavy atom. The molecular formula is C30H37ClF3N3O4. The van der Waals surface area contributed by atoms with Gasteiger partial charge in [0, 0.05) is 51.5 Å². The molecule has 224 valence electrons. The second-order valence-corrected chi connectivity index (χ2v) is 11.9. The van der Waals surface area contributed by atoms with Crippen molar-refractivity contribution in [3.63, 3.8) is 0 Å². The van der Waals surface area contributed by atoms with E-state index in [-0.39, 0.29) is 36.8 Å². The fourth-order valence-electron chi connectivity index (χ4n) is 5.60. The van der Waals surface area contributed by atoms with Crippen molar-refractivity contribution < 1.29 is 32.6 Å². The zero-order valence-corrected chi connectivity index (χ0v) is 24.5. The van der Waals surface area contributed by atoms with E-state index in [0.29, 0.717) is 16.5 Å². The Bertz CT molecular complexity index is 1260. The number of aliphatic hydroxyl groups is 1. The average Bonchev–Trinajstić information content (AvgIpc) is 2.88. The molecule has 2 heterocycles.